The summed E-state index contributed by atoms with van der Waals surface area (Å²) in [5.41, 5.74) is 4.24. The number of nitrogens with zero attached hydrogens (tertiary/aromatic N) is 1. The van der Waals surface area contributed by atoms with Gasteiger partial charge in [-0.2, -0.15) is 0 Å². The van der Waals surface area contributed by atoms with Gasteiger partial charge in [-0.05, 0) is 25.3 Å². The molecule has 1 saturated carbocycles. The van der Waals surface area contributed by atoms with E-state index >= 15 is 0 Å². The van der Waals surface area contributed by atoms with Crippen molar-refractivity contribution in [1.29, 1.82) is 0 Å². The van der Waals surface area contributed by atoms with Gasteiger partial charge in [0, 0.05) is 33.5 Å². The molecule has 1 aliphatic rings. The average Bonchev–Trinajstić information content (AvgIpc) is 2.92. The molecule has 1 fully saturated rings. The molecule has 112 valence electrons. The number of H-pyrrole nitrogens is 1. The number of aryl methyl sites for hydroxylation is 1. The van der Waals surface area contributed by atoms with Crippen LogP contribution >= 0.6 is 11.3 Å². The summed E-state index contributed by atoms with van der Waals surface area (Å²) in [6, 6.07) is 8.21. The van der Waals surface area contributed by atoms with Crippen LogP contribution in [-0.2, 0) is 4.79 Å². The van der Waals surface area contributed by atoms with Crippen molar-refractivity contribution in [2.75, 3.05) is 5.32 Å². The van der Waals surface area contributed by atoms with Crippen molar-refractivity contribution in [3.8, 4) is 11.3 Å². The second kappa shape index (κ2) is 4.95. The van der Waals surface area contributed by atoms with Gasteiger partial charge in [-0.3, -0.25) is 4.79 Å². The SMILES string of the molecule is Cc1[nH]c2ccccc2c1-c1csc(NC(=O)[C@@H]2C[C@H]2C)n1. The first kappa shape index (κ1) is 13.5. The number of para-hydroxylation sites is 1. The van der Waals surface area contributed by atoms with Crippen molar-refractivity contribution >= 4 is 33.3 Å². The predicted molar refractivity (Wildman–Crippen MR) is 90.0 cm³/mol. The van der Waals surface area contributed by atoms with Crippen molar-refractivity contribution in [3.05, 3.63) is 35.3 Å². The summed E-state index contributed by atoms with van der Waals surface area (Å²) < 4.78 is 0. The quantitative estimate of drug-likeness (QED) is 0.762. The minimum atomic E-state index is 0.101. The predicted octanol–water partition coefficient (Wildman–Crippen LogP) is 4.19. The normalized spacial score (nSPS) is 20.3. The average molecular weight is 311 g/mol. The van der Waals surface area contributed by atoms with Crippen LogP contribution in [0.25, 0.3) is 22.2 Å². The molecule has 1 aliphatic carbocycles. The first-order valence-electron chi connectivity index (χ1n) is 7.47. The van der Waals surface area contributed by atoms with Gasteiger partial charge >= 0.3 is 0 Å². The maximum atomic E-state index is 12.0. The maximum absolute atomic E-state index is 12.0. The summed E-state index contributed by atoms with van der Waals surface area (Å²) in [5, 5.41) is 6.80. The molecule has 2 N–H and O–H groups in total. The number of carbonyl (C=O) groups excluding carboxylic acids is 1. The molecule has 0 bridgehead atoms. The fraction of sp³-hybridized carbons (Fsp3) is 0.294. The number of benzene rings is 1. The van der Waals surface area contributed by atoms with E-state index in [1.165, 1.54) is 16.7 Å². The number of anilines is 1. The van der Waals surface area contributed by atoms with Gasteiger partial charge in [-0.1, -0.05) is 25.1 Å². The zero-order valence-corrected chi connectivity index (χ0v) is 13.3. The number of aromatic amines is 1. The van der Waals surface area contributed by atoms with E-state index < -0.39 is 0 Å². The minimum Gasteiger partial charge on any atom is -0.358 e. The number of fused-ring (bicyclic) bond motifs is 1. The monoisotopic (exact) mass is 311 g/mol. The largest absolute Gasteiger partial charge is 0.358 e. The van der Waals surface area contributed by atoms with Gasteiger partial charge in [0.1, 0.15) is 0 Å². The van der Waals surface area contributed by atoms with Crippen molar-refractivity contribution in [2.24, 2.45) is 11.8 Å². The first-order valence-corrected chi connectivity index (χ1v) is 8.35. The van der Waals surface area contributed by atoms with E-state index in [-0.39, 0.29) is 11.8 Å². The first-order chi connectivity index (χ1) is 10.6. The Kier molecular flexibility index (Phi) is 3.04. The highest BCUT2D eigenvalue weighted by atomic mass is 32.1. The molecular weight excluding hydrogens is 294 g/mol. The molecular formula is C17H17N3OS. The molecule has 0 radical (unpaired) electrons. The van der Waals surface area contributed by atoms with Crippen molar-refractivity contribution in [2.45, 2.75) is 20.3 Å². The number of hydrogen-bond acceptors (Lipinski definition) is 3. The molecule has 2 aromatic heterocycles. The Morgan fingerprint density at radius 1 is 1.41 bits per heavy atom. The Morgan fingerprint density at radius 3 is 2.95 bits per heavy atom. The Labute approximate surface area is 132 Å². The van der Waals surface area contributed by atoms with Gasteiger partial charge in [-0.15, -0.1) is 11.3 Å². The van der Waals surface area contributed by atoms with Gasteiger partial charge < -0.3 is 10.3 Å². The van der Waals surface area contributed by atoms with Gasteiger partial charge in [0.25, 0.3) is 0 Å². The lowest BCUT2D eigenvalue weighted by molar-refractivity contribution is -0.117. The van der Waals surface area contributed by atoms with Crippen LogP contribution in [0.15, 0.2) is 29.6 Å². The van der Waals surface area contributed by atoms with Crippen molar-refractivity contribution < 1.29 is 4.79 Å². The molecule has 1 aromatic carbocycles. The molecule has 0 spiro atoms. The van der Waals surface area contributed by atoms with Gasteiger partial charge in [-0.25, -0.2) is 4.98 Å². The van der Waals surface area contributed by atoms with Crippen LogP contribution in [0.2, 0.25) is 0 Å². The number of nitrogens with one attached hydrogen (secondary N) is 2. The summed E-state index contributed by atoms with van der Waals surface area (Å²) >= 11 is 1.48. The van der Waals surface area contributed by atoms with Gasteiger partial charge in [0.05, 0.1) is 5.69 Å². The van der Waals surface area contributed by atoms with Crippen LogP contribution in [0.4, 0.5) is 5.13 Å². The Balaban J connectivity index is 1.65. The third kappa shape index (κ3) is 2.22. The summed E-state index contributed by atoms with van der Waals surface area (Å²) in [6.07, 6.45) is 0.992. The molecule has 4 nitrogen and oxygen atoms in total. The highest BCUT2D eigenvalue weighted by Gasteiger charge is 2.39. The van der Waals surface area contributed by atoms with Crippen LogP contribution in [0.1, 0.15) is 19.0 Å². The molecule has 1 amide bonds. The number of aromatic nitrogens is 2. The number of amides is 1. The number of carbonyl (C=O) groups is 1. The van der Waals surface area contributed by atoms with E-state index in [9.17, 15) is 4.79 Å². The lowest BCUT2D eigenvalue weighted by Crippen LogP contribution is -2.14. The molecule has 4 rings (SSSR count). The number of thiazole rings is 1. The second-order valence-electron chi connectivity index (χ2n) is 6.02. The topological polar surface area (TPSA) is 57.8 Å². The summed E-state index contributed by atoms with van der Waals surface area (Å²) in [4.78, 5) is 20.0. The van der Waals surface area contributed by atoms with E-state index in [1.807, 2.05) is 17.5 Å². The maximum Gasteiger partial charge on any atom is 0.229 e. The molecule has 2 atom stereocenters. The number of hydrogen-bond donors (Lipinski definition) is 2. The molecule has 22 heavy (non-hydrogen) atoms. The van der Waals surface area contributed by atoms with E-state index in [1.54, 1.807) is 0 Å². The number of rotatable bonds is 3. The van der Waals surface area contributed by atoms with Crippen molar-refractivity contribution in [1.82, 2.24) is 9.97 Å². The second-order valence-corrected chi connectivity index (χ2v) is 6.88. The lowest BCUT2D eigenvalue weighted by Gasteiger charge is -1.99. The zero-order chi connectivity index (χ0) is 15.3. The summed E-state index contributed by atoms with van der Waals surface area (Å²) in [5.74, 6) is 0.779. The molecule has 0 unspecified atom stereocenters. The van der Waals surface area contributed by atoms with E-state index in [2.05, 4.69) is 41.3 Å². The highest BCUT2D eigenvalue weighted by molar-refractivity contribution is 7.14. The molecule has 2 heterocycles. The van der Waals surface area contributed by atoms with E-state index in [0.29, 0.717) is 11.0 Å². The third-order valence-electron chi connectivity index (χ3n) is 4.33. The van der Waals surface area contributed by atoms with Crippen LogP contribution in [-0.4, -0.2) is 15.9 Å². The smallest absolute Gasteiger partial charge is 0.229 e. The Bertz CT molecular complexity index is 864. The standard InChI is InChI=1S/C17H17N3OS/c1-9-7-12(9)16(21)20-17-19-14(8-22-17)15-10(2)18-13-6-4-3-5-11(13)15/h3-6,8-9,12,18H,7H2,1-2H3,(H,19,20,21)/t9-,12-/m1/s1. The van der Waals surface area contributed by atoms with Crippen LogP contribution in [0, 0.1) is 18.8 Å². The van der Waals surface area contributed by atoms with E-state index in [4.69, 9.17) is 0 Å². The fourth-order valence-electron chi connectivity index (χ4n) is 2.94. The highest BCUT2D eigenvalue weighted by Crippen LogP contribution is 2.39. The summed E-state index contributed by atoms with van der Waals surface area (Å²) in [7, 11) is 0. The third-order valence-corrected chi connectivity index (χ3v) is 5.09. The molecule has 0 saturated heterocycles. The molecule has 5 heteroatoms. The molecule has 0 aliphatic heterocycles. The zero-order valence-electron chi connectivity index (χ0n) is 12.5. The van der Waals surface area contributed by atoms with Crippen LogP contribution in [0.3, 0.4) is 0 Å². The van der Waals surface area contributed by atoms with E-state index in [0.717, 1.165) is 28.9 Å². The summed E-state index contributed by atoms with van der Waals surface area (Å²) in [6.45, 7) is 4.16. The minimum absolute atomic E-state index is 0.101. The fourth-order valence-corrected chi connectivity index (χ4v) is 3.64. The Morgan fingerprint density at radius 2 is 2.18 bits per heavy atom. The Hall–Kier alpha value is -2.14. The van der Waals surface area contributed by atoms with Gasteiger partial charge in [0.15, 0.2) is 5.13 Å². The molecule has 3 aromatic rings. The lowest BCUT2D eigenvalue weighted by atomic mass is 10.1. The van der Waals surface area contributed by atoms with Crippen LogP contribution in [0.5, 0.6) is 0 Å². The van der Waals surface area contributed by atoms with Gasteiger partial charge in [0.2, 0.25) is 5.91 Å². The van der Waals surface area contributed by atoms with Crippen LogP contribution < -0.4 is 5.32 Å². The van der Waals surface area contributed by atoms with Crippen molar-refractivity contribution in [3.63, 3.8) is 0 Å².